The summed E-state index contributed by atoms with van der Waals surface area (Å²) in [4.78, 5) is 1.30. The molecule has 0 fully saturated rings. The van der Waals surface area contributed by atoms with Gasteiger partial charge in [0, 0.05) is 30.1 Å². The second-order valence-corrected chi connectivity index (χ2v) is 5.23. The van der Waals surface area contributed by atoms with E-state index < -0.39 is 0 Å². The molecule has 0 atom stereocenters. The summed E-state index contributed by atoms with van der Waals surface area (Å²) < 4.78 is 16.1. The van der Waals surface area contributed by atoms with Crippen LogP contribution in [-0.4, -0.2) is 21.3 Å². The molecule has 0 radical (unpaired) electrons. The minimum Gasteiger partial charge on any atom is -0.496 e. The Morgan fingerprint density at radius 1 is 1.00 bits per heavy atom. The fourth-order valence-electron chi connectivity index (χ4n) is 1.98. The van der Waals surface area contributed by atoms with E-state index in [9.17, 15) is 0 Å². The van der Waals surface area contributed by atoms with E-state index in [4.69, 9.17) is 14.2 Å². The Kier molecular flexibility index (Phi) is 5.26. The molecule has 0 aliphatic carbocycles. The largest absolute Gasteiger partial charge is 0.496 e. The molecule has 0 aliphatic heterocycles. The fourth-order valence-corrected chi connectivity index (χ4v) is 2.65. The van der Waals surface area contributed by atoms with Crippen molar-refractivity contribution in [1.29, 1.82) is 0 Å². The molecular weight excluding hydrogens is 274 g/mol. The van der Waals surface area contributed by atoms with Crippen LogP contribution < -0.4 is 19.5 Å². The van der Waals surface area contributed by atoms with E-state index in [0.29, 0.717) is 6.54 Å². The van der Waals surface area contributed by atoms with Gasteiger partial charge in [0.25, 0.3) is 0 Å². The molecule has 1 aromatic carbocycles. The number of benzene rings is 1. The summed E-state index contributed by atoms with van der Waals surface area (Å²) >= 11 is 1.74. The van der Waals surface area contributed by atoms with E-state index in [-0.39, 0.29) is 0 Å². The predicted molar refractivity (Wildman–Crippen MR) is 81.0 cm³/mol. The lowest BCUT2D eigenvalue weighted by atomic mass is 10.1. The van der Waals surface area contributed by atoms with Crippen LogP contribution in [0.25, 0.3) is 0 Å². The first-order chi connectivity index (χ1) is 9.78. The van der Waals surface area contributed by atoms with Gasteiger partial charge in [0.1, 0.15) is 17.2 Å². The molecule has 0 spiro atoms. The molecule has 1 N–H and O–H groups in total. The molecule has 0 bridgehead atoms. The number of ether oxygens (including phenoxy) is 3. The van der Waals surface area contributed by atoms with Gasteiger partial charge >= 0.3 is 0 Å². The van der Waals surface area contributed by atoms with Crippen molar-refractivity contribution in [3.8, 4) is 17.2 Å². The quantitative estimate of drug-likeness (QED) is 0.851. The highest BCUT2D eigenvalue weighted by molar-refractivity contribution is 7.09. The second-order valence-electron chi connectivity index (χ2n) is 4.19. The highest BCUT2D eigenvalue weighted by atomic mass is 32.1. The van der Waals surface area contributed by atoms with Gasteiger partial charge in [-0.2, -0.15) is 0 Å². The van der Waals surface area contributed by atoms with Crippen molar-refractivity contribution < 1.29 is 14.2 Å². The molecule has 0 unspecified atom stereocenters. The molecule has 5 heteroatoms. The number of hydrogen-bond acceptors (Lipinski definition) is 5. The minimum absolute atomic E-state index is 0.675. The van der Waals surface area contributed by atoms with Crippen LogP contribution in [0, 0.1) is 0 Å². The average Bonchev–Trinajstić information content (AvgIpc) is 3.00. The molecule has 1 heterocycles. The zero-order valence-electron chi connectivity index (χ0n) is 11.9. The highest BCUT2D eigenvalue weighted by Crippen LogP contribution is 2.33. The van der Waals surface area contributed by atoms with Gasteiger partial charge in [-0.05, 0) is 11.4 Å². The maximum atomic E-state index is 5.42. The lowest BCUT2D eigenvalue weighted by molar-refractivity contribution is 0.366. The molecule has 2 aromatic rings. The van der Waals surface area contributed by atoms with Crippen LogP contribution in [0.3, 0.4) is 0 Å². The second kappa shape index (κ2) is 7.17. The maximum absolute atomic E-state index is 5.42. The Morgan fingerprint density at radius 3 is 2.20 bits per heavy atom. The third kappa shape index (κ3) is 3.43. The molecule has 4 nitrogen and oxygen atoms in total. The predicted octanol–water partition coefficient (Wildman–Crippen LogP) is 3.06. The Balaban J connectivity index is 2.12. The topological polar surface area (TPSA) is 39.7 Å². The molecule has 0 amide bonds. The van der Waals surface area contributed by atoms with E-state index in [1.165, 1.54) is 4.88 Å². The summed E-state index contributed by atoms with van der Waals surface area (Å²) in [5.41, 5.74) is 0.993. The van der Waals surface area contributed by atoms with Crippen molar-refractivity contribution in [3.05, 3.63) is 40.1 Å². The van der Waals surface area contributed by atoms with Gasteiger partial charge in [0.15, 0.2) is 0 Å². The summed E-state index contributed by atoms with van der Waals surface area (Å²) in [7, 11) is 4.93. The molecule has 20 heavy (non-hydrogen) atoms. The first kappa shape index (κ1) is 14.7. The van der Waals surface area contributed by atoms with Crippen molar-refractivity contribution in [2.45, 2.75) is 13.1 Å². The first-order valence-electron chi connectivity index (χ1n) is 6.30. The van der Waals surface area contributed by atoms with E-state index in [2.05, 4.69) is 22.8 Å². The average molecular weight is 293 g/mol. The van der Waals surface area contributed by atoms with E-state index in [1.54, 1.807) is 32.7 Å². The van der Waals surface area contributed by atoms with Crippen LogP contribution in [0.4, 0.5) is 0 Å². The van der Waals surface area contributed by atoms with E-state index in [1.807, 2.05) is 12.1 Å². The molecule has 108 valence electrons. The Labute approximate surface area is 123 Å². The van der Waals surface area contributed by atoms with Crippen LogP contribution in [0.15, 0.2) is 29.6 Å². The number of thiophene rings is 1. The molecule has 1 aromatic heterocycles. The van der Waals surface area contributed by atoms with Crippen molar-refractivity contribution in [1.82, 2.24) is 5.32 Å². The highest BCUT2D eigenvalue weighted by Gasteiger charge is 2.12. The maximum Gasteiger partial charge on any atom is 0.130 e. The zero-order chi connectivity index (χ0) is 14.4. The van der Waals surface area contributed by atoms with Gasteiger partial charge in [0.05, 0.1) is 26.9 Å². The summed E-state index contributed by atoms with van der Waals surface area (Å²) in [5.74, 6) is 2.25. The first-order valence-corrected chi connectivity index (χ1v) is 7.18. The molecular formula is C15H19NO3S. The monoisotopic (exact) mass is 293 g/mol. The van der Waals surface area contributed by atoms with Gasteiger partial charge in [-0.1, -0.05) is 6.07 Å². The van der Waals surface area contributed by atoms with Crippen LogP contribution >= 0.6 is 11.3 Å². The van der Waals surface area contributed by atoms with Crippen LogP contribution in [0.1, 0.15) is 10.4 Å². The molecule has 0 aliphatic rings. The van der Waals surface area contributed by atoms with Crippen molar-refractivity contribution >= 4 is 11.3 Å². The lowest BCUT2D eigenvalue weighted by Crippen LogP contribution is -2.13. The van der Waals surface area contributed by atoms with Crippen molar-refractivity contribution in [3.63, 3.8) is 0 Å². The van der Waals surface area contributed by atoms with Gasteiger partial charge in [-0.15, -0.1) is 11.3 Å². The van der Waals surface area contributed by atoms with Crippen molar-refractivity contribution in [2.24, 2.45) is 0 Å². The number of nitrogens with one attached hydrogen (secondary N) is 1. The van der Waals surface area contributed by atoms with E-state index >= 15 is 0 Å². The SMILES string of the molecule is COc1cc(OC)c(CNCc2cccs2)c(OC)c1. The van der Waals surface area contributed by atoms with Crippen molar-refractivity contribution in [2.75, 3.05) is 21.3 Å². The molecule has 0 saturated carbocycles. The standard InChI is InChI=1S/C15H19NO3S/c1-17-11-7-14(18-2)13(15(8-11)19-3)10-16-9-12-5-4-6-20-12/h4-8,16H,9-10H2,1-3H3. The minimum atomic E-state index is 0.675. The number of methoxy groups -OCH3 is 3. The third-order valence-electron chi connectivity index (χ3n) is 3.00. The summed E-state index contributed by atoms with van der Waals surface area (Å²) in [5, 5.41) is 5.48. The normalized spacial score (nSPS) is 10.3. The van der Waals surface area contributed by atoms with Gasteiger partial charge in [-0.3, -0.25) is 0 Å². The Hall–Kier alpha value is -1.72. The van der Waals surface area contributed by atoms with Crippen LogP contribution in [0.5, 0.6) is 17.2 Å². The molecule has 0 saturated heterocycles. The lowest BCUT2D eigenvalue weighted by Gasteiger charge is -2.15. The van der Waals surface area contributed by atoms with Crippen LogP contribution in [0.2, 0.25) is 0 Å². The van der Waals surface area contributed by atoms with Gasteiger partial charge in [0.2, 0.25) is 0 Å². The van der Waals surface area contributed by atoms with Gasteiger partial charge < -0.3 is 19.5 Å². The fraction of sp³-hybridized carbons (Fsp3) is 0.333. The van der Waals surface area contributed by atoms with Crippen LogP contribution in [-0.2, 0) is 13.1 Å². The third-order valence-corrected chi connectivity index (χ3v) is 3.87. The number of hydrogen-bond donors (Lipinski definition) is 1. The zero-order valence-corrected chi connectivity index (χ0v) is 12.8. The summed E-state index contributed by atoms with van der Waals surface area (Å²) in [6.45, 7) is 1.50. The van der Waals surface area contributed by atoms with E-state index in [0.717, 1.165) is 29.4 Å². The number of rotatable bonds is 7. The summed E-state index contributed by atoms with van der Waals surface area (Å²) in [6.07, 6.45) is 0. The Morgan fingerprint density at radius 2 is 1.70 bits per heavy atom. The van der Waals surface area contributed by atoms with Gasteiger partial charge in [-0.25, -0.2) is 0 Å². The Bertz CT molecular complexity index is 515. The summed E-state index contributed by atoms with van der Waals surface area (Å²) in [6, 6.07) is 7.89. The molecule has 2 rings (SSSR count). The smallest absolute Gasteiger partial charge is 0.130 e.